The zero-order valence-electron chi connectivity index (χ0n) is 11.4. The normalized spacial score (nSPS) is 11.6. The van der Waals surface area contributed by atoms with Crippen molar-refractivity contribution in [2.75, 3.05) is 13.1 Å². The maximum atomic E-state index is 11.9. The molecule has 1 aromatic rings. The van der Waals surface area contributed by atoms with Crippen molar-refractivity contribution in [3.8, 4) is 5.75 Å². The van der Waals surface area contributed by atoms with Crippen LogP contribution < -0.4 is 15.8 Å². The van der Waals surface area contributed by atoms with Crippen LogP contribution in [0.4, 0.5) is 4.79 Å². The smallest absolute Gasteiger partial charge is 0.326 e. The Kier molecular flexibility index (Phi) is 6.27. The van der Waals surface area contributed by atoms with Gasteiger partial charge in [-0.05, 0) is 31.2 Å². The molecule has 0 heterocycles. The zero-order chi connectivity index (χ0) is 15.1. The molecule has 1 atom stereocenters. The van der Waals surface area contributed by atoms with E-state index >= 15 is 0 Å². The van der Waals surface area contributed by atoms with Gasteiger partial charge in [0.05, 0.1) is 0 Å². The summed E-state index contributed by atoms with van der Waals surface area (Å²) in [7, 11) is 0. The fourth-order valence-electron chi connectivity index (χ4n) is 1.53. The van der Waals surface area contributed by atoms with Crippen LogP contribution in [0.15, 0.2) is 24.3 Å². The van der Waals surface area contributed by atoms with Gasteiger partial charge in [0.15, 0.2) is 6.23 Å². The first-order chi connectivity index (χ1) is 9.43. The highest BCUT2D eigenvalue weighted by Gasteiger charge is 2.19. The van der Waals surface area contributed by atoms with Gasteiger partial charge in [-0.1, -0.05) is 11.6 Å². The number of nitrogens with two attached hydrogens (primary N) is 1. The van der Waals surface area contributed by atoms with E-state index in [-0.39, 0.29) is 19.0 Å². The minimum atomic E-state index is -0.594. The second-order valence-corrected chi connectivity index (χ2v) is 4.56. The van der Waals surface area contributed by atoms with Crippen LogP contribution in [0.5, 0.6) is 5.75 Å². The van der Waals surface area contributed by atoms with Crippen molar-refractivity contribution in [2.45, 2.75) is 20.1 Å². The molecule has 0 saturated carbocycles. The van der Waals surface area contributed by atoms with E-state index in [0.717, 1.165) is 4.90 Å². The number of halogens is 1. The van der Waals surface area contributed by atoms with Crippen molar-refractivity contribution in [3.05, 3.63) is 29.3 Å². The molecule has 0 aromatic heterocycles. The van der Waals surface area contributed by atoms with Gasteiger partial charge in [-0.3, -0.25) is 9.69 Å². The molecular weight excluding hydrogens is 282 g/mol. The van der Waals surface area contributed by atoms with Crippen LogP contribution in [-0.4, -0.2) is 36.2 Å². The lowest BCUT2D eigenvalue weighted by Crippen LogP contribution is -2.49. The fraction of sp³-hybridized carbons (Fsp3) is 0.385. The molecule has 0 aliphatic heterocycles. The highest BCUT2D eigenvalue weighted by atomic mass is 35.5. The third-order valence-electron chi connectivity index (χ3n) is 2.43. The van der Waals surface area contributed by atoms with Gasteiger partial charge in [0.2, 0.25) is 5.91 Å². The van der Waals surface area contributed by atoms with Crippen LogP contribution in [0.1, 0.15) is 13.8 Å². The summed E-state index contributed by atoms with van der Waals surface area (Å²) in [5.74, 6) is 0.196. The molecule has 1 rings (SSSR count). The second-order valence-electron chi connectivity index (χ2n) is 4.12. The summed E-state index contributed by atoms with van der Waals surface area (Å²) in [5, 5.41) is 3.16. The zero-order valence-corrected chi connectivity index (χ0v) is 12.2. The van der Waals surface area contributed by atoms with E-state index < -0.39 is 12.3 Å². The minimum Gasteiger partial charge on any atom is -0.471 e. The maximum Gasteiger partial charge on any atom is 0.326 e. The van der Waals surface area contributed by atoms with Crippen LogP contribution in [0.2, 0.25) is 5.02 Å². The van der Waals surface area contributed by atoms with E-state index in [9.17, 15) is 9.59 Å². The molecule has 0 saturated heterocycles. The predicted octanol–water partition coefficient (Wildman–Crippen LogP) is 1.58. The molecule has 0 spiro atoms. The van der Waals surface area contributed by atoms with Crippen molar-refractivity contribution in [2.24, 2.45) is 5.73 Å². The van der Waals surface area contributed by atoms with E-state index in [1.165, 1.54) is 6.92 Å². The van der Waals surface area contributed by atoms with Crippen LogP contribution in [0.3, 0.4) is 0 Å². The highest BCUT2D eigenvalue weighted by Crippen LogP contribution is 2.16. The third-order valence-corrected chi connectivity index (χ3v) is 2.68. The number of hydrogen-bond donors (Lipinski definition) is 2. The number of carbonyl (C=O) groups is 2. The lowest BCUT2D eigenvalue weighted by Gasteiger charge is -2.22. The Morgan fingerprint density at radius 2 is 2.00 bits per heavy atom. The number of imide groups is 1. The Labute approximate surface area is 122 Å². The maximum absolute atomic E-state index is 11.9. The number of ether oxygens (including phenoxy) is 1. The summed E-state index contributed by atoms with van der Waals surface area (Å²) in [6.07, 6.45) is -0.594. The molecule has 1 aromatic carbocycles. The molecule has 7 heteroatoms. The average molecular weight is 300 g/mol. The molecule has 0 aliphatic rings. The fourth-order valence-corrected chi connectivity index (χ4v) is 1.66. The first kappa shape index (κ1) is 16.3. The van der Waals surface area contributed by atoms with Gasteiger partial charge in [-0.2, -0.15) is 0 Å². The van der Waals surface area contributed by atoms with E-state index in [1.54, 1.807) is 31.2 Å². The molecule has 3 N–H and O–H groups in total. The largest absolute Gasteiger partial charge is 0.471 e. The van der Waals surface area contributed by atoms with Crippen molar-refractivity contribution in [3.63, 3.8) is 0 Å². The number of rotatable bonds is 5. The molecule has 0 bridgehead atoms. The van der Waals surface area contributed by atoms with Crippen LogP contribution >= 0.6 is 11.6 Å². The van der Waals surface area contributed by atoms with E-state index in [1.807, 2.05) is 0 Å². The molecule has 110 valence electrons. The lowest BCUT2D eigenvalue weighted by molar-refractivity contribution is -0.126. The Morgan fingerprint density at radius 1 is 1.40 bits per heavy atom. The highest BCUT2D eigenvalue weighted by molar-refractivity contribution is 6.30. The molecule has 1 unspecified atom stereocenters. The summed E-state index contributed by atoms with van der Waals surface area (Å²) in [6, 6.07) is 6.20. The van der Waals surface area contributed by atoms with Gasteiger partial charge in [0.25, 0.3) is 0 Å². The summed E-state index contributed by atoms with van der Waals surface area (Å²) in [6.45, 7) is 3.33. The number of nitrogens with zero attached hydrogens (tertiary/aromatic N) is 1. The molecule has 20 heavy (non-hydrogen) atoms. The SMILES string of the molecule is CC(=O)N(CCN)C(=O)NC(C)Oc1ccc(Cl)cc1. The first-order valence-corrected chi connectivity index (χ1v) is 6.52. The second kappa shape index (κ2) is 7.72. The van der Waals surface area contributed by atoms with E-state index in [4.69, 9.17) is 22.1 Å². The number of carbonyl (C=O) groups excluding carboxylic acids is 2. The summed E-state index contributed by atoms with van der Waals surface area (Å²) in [4.78, 5) is 24.2. The summed E-state index contributed by atoms with van der Waals surface area (Å²) < 4.78 is 5.49. The van der Waals surface area contributed by atoms with E-state index in [2.05, 4.69) is 5.32 Å². The van der Waals surface area contributed by atoms with Gasteiger partial charge in [0.1, 0.15) is 5.75 Å². The van der Waals surface area contributed by atoms with Gasteiger partial charge >= 0.3 is 6.03 Å². The van der Waals surface area contributed by atoms with Crippen molar-refractivity contribution in [1.82, 2.24) is 10.2 Å². The predicted molar refractivity (Wildman–Crippen MR) is 76.5 cm³/mol. The lowest BCUT2D eigenvalue weighted by atomic mass is 10.3. The van der Waals surface area contributed by atoms with Crippen molar-refractivity contribution >= 4 is 23.5 Å². The number of urea groups is 1. The first-order valence-electron chi connectivity index (χ1n) is 6.15. The van der Waals surface area contributed by atoms with E-state index in [0.29, 0.717) is 10.8 Å². The van der Waals surface area contributed by atoms with Crippen molar-refractivity contribution < 1.29 is 14.3 Å². The Bertz CT molecular complexity index is 464. The Hall–Kier alpha value is -1.79. The van der Waals surface area contributed by atoms with Gasteiger partial charge < -0.3 is 15.8 Å². The summed E-state index contributed by atoms with van der Waals surface area (Å²) >= 11 is 5.76. The topological polar surface area (TPSA) is 84.7 Å². The number of benzene rings is 1. The summed E-state index contributed by atoms with van der Waals surface area (Å²) in [5.41, 5.74) is 5.36. The molecule has 3 amide bonds. The quantitative estimate of drug-likeness (QED) is 0.809. The number of hydrogen-bond acceptors (Lipinski definition) is 4. The third kappa shape index (κ3) is 5.07. The van der Waals surface area contributed by atoms with Crippen LogP contribution in [-0.2, 0) is 4.79 Å². The Balaban J connectivity index is 2.56. The number of nitrogens with one attached hydrogen (secondary N) is 1. The molecular formula is C13H18ClN3O3. The van der Waals surface area contributed by atoms with Crippen LogP contribution in [0, 0.1) is 0 Å². The molecule has 6 nitrogen and oxygen atoms in total. The Morgan fingerprint density at radius 3 is 2.50 bits per heavy atom. The van der Waals surface area contributed by atoms with Gasteiger partial charge in [-0.15, -0.1) is 0 Å². The average Bonchev–Trinajstić information content (AvgIpc) is 2.38. The van der Waals surface area contributed by atoms with Gasteiger partial charge in [-0.25, -0.2) is 4.79 Å². The van der Waals surface area contributed by atoms with Gasteiger partial charge in [0, 0.05) is 25.0 Å². The minimum absolute atomic E-state index is 0.162. The monoisotopic (exact) mass is 299 g/mol. The molecule has 0 aliphatic carbocycles. The molecule has 0 radical (unpaired) electrons. The number of amides is 3. The molecule has 0 fully saturated rings. The van der Waals surface area contributed by atoms with Crippen molar-refractivity contribution in [1.29, 1.82) is 0 Å². The van der Waals surface area contributed by atoms with Crippen LogP contribution in [0.25, 0.3) is 0 Å². The standard InChI is InChI=1S/C13H18ClN3O3/c1-9(20-12-5-3-11(14)4-6-12)16-13(19)17(8-7-15)10(2)18/h3-6,9H,7-8,15H2,1-2H3,(H,16,19).